The molecule has 5 rings (SSSR count). The summed E-state index contributed by atoms with van der Waals surface area (Å²) in [5.74, 6) is 2.22. The van der Waals surface area contributed by atoms with E-state index in [0.29, 0.717) is 5.56 Å². The SMILES string of the molecule is C=CCNS(=O)(=O)c1ccc(C(=O)NC23CC4CC(CC(C4)C2)C3)cc1. The van der Waals surface area contributed by atoms with Gasteiger partial charge in [-0.15, -0.1) is 6.58 Å². The fraction of sp³-hybridized carbons (Fsp3) is 0.550. The molecular weight excluding hydrogens is 348 g/mol. The molecule has 6 heteroatoms. The van der Waals surface area contributed by atoms with Crippen LogP contribution in [0.15, 0.2) is 41.8 Å². The van der Waals surface area contributed by atoms with Crippen LogP contribution in [0, 0.1) is 17.8 Å². The maximum absolute atomic E-state index is 12.8. The topological polar surface area (TPSA) is 75.3 Å². The Bertz CT molecular complexity index is 779. The van der Waals surface area contributed by atoms with Gasteiger partial charge in [0, 0.05) is 17.6 Å². The number of benzene rings is 1. The van der Waals surface area contributed by atoms with Gasteiger partial charge in [-0.1, -0.05) is 6.08 Å². The van der Waals surface area contributed by atoms with Gasteiger partial charge in [0.05, 0.1) is 4.90 Å². The van der Waals surface area contributed by atoms with Crippen molar-refractivity contribution in [2.24, 2.45) is 17.8 Å². The lowest BCUT2D eigenvalue weighted by molar-refractivity contribution is -0.0167. The predicted molar refractivity (Wildman–Crippen MR) is 100 cm³/mol. The fourth-order valence-electron chi connectivity index (χ4n) is 5.61. The number of rotatable bonds is 6. The Labute approximate surface area is 155 Å². The number of nitrogens with one attached hydrogen (secondary N) is 2. The summed E-state index contributed by atoms with van der Waals surface area (Å²) in [4.78, 5) is 12.9. The maximum atomic E-state index is 12.8. The molecule has 0 unspecified atom stereocenters. The molecule has 0 radical (unpaired) electrons. The van der Waals surface area contributed by atoms with Crippen LogP contribution in [0.1, 0.15) is 48.9 Å². The molecule has 0 atom stereocenters. The van der Waals surface area contributed by atoms with Crippen molar-refractivity contribution >= 4 is 15.9 Å². The minimum absolute atomic E-state index is 0.0396. The summed E-state index contributed by atoms with van der Waals surface area (Å²) >= 11 is 0. The molecule has 4 aliphatic carbocycles. The summed E-state index contributed by atoms with van der Waals surface area (Å²) in [5.41, 5.74) is 0.477. The first kappa shape index (κ1) is 17.7. The maximum Gasteiger partial charge on any atom is 0.251 e. The van der Waals surface area contributed by atoms with Gasteiger partial charge in [0.2, 0.25) is 10.0 Å². The second kappa shape index (κ2) is 6.50. The summed E-state index contributed by atoms with van der Waals surface area (Å²) < 4.78 is 26.7. The number of carbonyl (C=O) groups is 1. The van der Waals surface area contributed by atoms with E-state index in [1.54, 1.807) is 12.1 Å². The predicted octanol–water partition coefficient (Wildman–Crippen LogP) is 2.85. The highest BCUT2D eigenvalue weighted by Crippen LogP contribution is 2.55. The number of sulfonamides is 1. The van der Waals surface area contributed by atoms with E-state index in [0.717, 1.165) is 37.0 Å². The molecule has 1 amide bonds. The van der Waals surface area contributed by atoms with E-state index < -0.39 is 10.0 Å². The van der Waals surface area contributed by atoms with Gasteiger partial charge >= 0.3 is 0 Å². The van der Waals surface area contributed by atoms with E-state index in [2.05, 4.69) is 16.6 Å². The van der Waals surface area contributed by atoms with E-state index in [1.807, 2.05) is 0 Å². The molecule has 0 saturated heterocycles. The van der Waals surface area contributed by atoms with Crippen molar-refractivity contribution in [1.82, 2.24) is 10.0 Å². The molecule has 1 aromatic carbocycles. The van der Waals surface area contributed by atoms with Crippen LogP contribution in [-0.2, 0) is 10.0 Å². The number of amides is 1. The Morgan fingerprint density at radius 1 is 1.08 bits per heavy atom. The Hall–Kier alpha value is -1.66. The van der Waals surface area contributed by atoms with Crippen LogP contribution in [0.2, 0.25) is 0 Å². The van der Waals surface area contributed by atoms with Crippen LogP contribution in [0.25, 0.3) is 0 Å². The number of carbonyl (C=O) groups excluding carboxylic acids is 1. The Balaban J connectivity index is 1.46. The number of hydrogen-bond acceptors (Lipinski definition) is 3. The van der Waals surface area contributed by atoms with Gasteiger partial charge in [0.1, 0.15) is 0 Å². The minimum atomic E-state index is -3.56. The molecule has 140 valence electrons. The summed E-state index contributed by atoms with van der Waals surface area (Å²) in [6.07, 6.45) is 8.79. The molecule has 4 fully saturated rings. The zero-order chi connectivity index (χ0) is 18.4. The zero-order valence-corrected chi connectivity index (χ0v) is 15.7. The summed E-state index contributed by atoms with van der Waals surface area (Å²) in [7, 11) is -3.56. The largest absolute Gasteiger partial charge is 0.347 e. The standard InChI is InChI=1S/C20H26N2O3S/c1-2-7-21-26(24,25)18-5-3-17(4-6-18)19(23)22-20-11-14-8-15(12-20)10-16(9-14)13-20/h2-6,14-16,21H,1,7-13H2,(H,22,23). The third kappa shape index (κ3) is 3.32. The smallest absolute Gasteiger partial charge is 0.251 e. The number of hydrogen-bond donors (Lipinski definition) is 2. The highest BCUT2D eigenvalue weighted by molar-refractivity contribution is 7.89. The minimum Gasteiger partial charge on any atom is -0.347 e. The molecule has 5 nitrogen and oxygen atoms in total. The zero-order valence-electron chi connectivity index (χ0n) is 14.9. The van der Waals surface area contributed by atoms with E-state index >= 15 is 0 Å². The first-order valence-electron chi connectivity index (χ1n) is 9.42. The fourth-order valence-corrected chi connectivity index (χ4v) is 6.61. The van der Waals surface area contributed by atoms with Crippen molar-refractivity contribution < 1.29 is 13.2 Å². The van der Waals surface area contributed by atoms with Crippen LogP contribution < -0.4 is 10.0 Å². The van der Waals surface area contributed by atoms with Crippen molar-refractivity contribution in [2.45, 2.75) is 49.0 Å². The molecule has 0 aromatic heterocycles. The lowest BCUT2D eigenvalue weighted by atomic mass is 9.53. The monoisotopic (exact) mass is 374 g/mol. The Morgan fingerprint density at radius 3 is 2.12 bits per heavy atom. The molecule has 1 aromatic rings. The van der Waals surface area contributed by atoms with Crippen molar-refractivity contribution in [1.29, 1.82) is 0 Å². The van der Waals surface area contributed by atoms with Gasteiger partial charge in [-0.3, -0.25) is 4.79 Å². The van der Waals surface area contributed by atoms with Gasteiger partial charge < -0.3 is 5.32 Å². The van der Waals surface area contributed by atoms with Crippen molar-refractivity contribution in [2.75, 3.05) is 6.54 Å². The van der Waals surface area contributed by atoms with E-state index in [-0.39, 0.29) is 22.9 Å². The average molecular weight is 375 g/mol. The highest BCUT2D eigenvalue weighted by atomic mass is 32.2. The molecule has 4 aliphatic rings. The quantitative estimate of drug-likeness (QED) is 0.752. The van der Waals surface area contributed by atoms with E-state index in [9.17, 15) is 13.2 Å². The van der Waals surface area contributed by atoms with Crippen LogP contribution in [0.3, 0.4) is 0 Å². The van der Waals surface area contributed by atoms with Crippen LogP contribution in [-0.4, -0.2) is 26.4 Å². The summed E-state index contributed by atoms with van der Waals surface area (Å²) in [5, 5.41) is 3.32. The normalized spacial score (nSPS) is 32.4. The Kier molecular flexibility index (Phi) is 4.43. The molecule has 4 bridgehead atoms. The van der Waals surface area contributed by atoms with Crippen molar-refractivity contribution in [3.63, 3.8) is 0 Å². The highest BCUT2D eigenvalue weighted by Gasteiger charge is 2.51. The molecule has 0 heterocycles. The van der Waals surface area contributed by atoms with E-state index in [1.165, 1.54) is 37.5 Å². The summed E-state index contributed by atoms with van der Waals surface area (Å²) in [6, 6.07) is 6.16. The van der Waals surface area contributed by atoms with Crippen LogP contribution in [0.4, 0.5) is 0 Å². The van der Waals surface area contributed by atoms with Crippen LogP contribution >= 0.6 is 0 Å². The van der Waals surface area contributed by atoms with Crippen LogP contribution in [0.5, 0.6) is 0 Å². The van der Waals surface area contributed by atoms with Gasteiger partial charge in [0.15, 0.2) is 0 Å². The summed E-state index contributed by atoms with van der Waals surface area (Å²) in [6.45, 7) is 3.68. The van der Waals surface area contributed by atoms with Crippen molar-refractivity contribution in [3.05, 3.63) is 42.5 Å². The van der Waals surface area contributed by atoms with Gasteiger partial charge in [-0.2, -0.15) is 0 Å². The van der Waals surface area contributed by atoms with Gasteiger partial charge in [-0.25, -0.2) is 13.1 Å². The first-order chi connectivity index (χ1) is 12.4. The average Bonchev–Trinajstić information content (AvgIpc) is 2.58. The third-order valence-electron chi connectivity index (χ3n) is 6.26. The molecule has 4 saturated carbocycles. The Morgan fingerprint density at radius 2 is 1.62 bits per heavy atom. The second-order valence-electron chi connectivity index (χ2n) is 8.32. The van der Waals surface area contributed by atoms with Gasteiger partial charge in [0.25, 0.3) is 5.91 Å². The molecule has 2 N–H and O–H groups in total. The first-order valence-corrected chi connectivity index (χ1v) is 10.9. The molecule has 0 aliphatic heterocycles. The lowest BCUT2D eigenvalue weighted by Gasteiger charge is -2.56. The lowest BCUT2D eigenvalue weighted by Crippen LogP contribution is -2.59. The van der Waals surface area contributed by atoms with Gasteiger partial charge in [-0.05, 0) is 80.5 Å². The molecular formula is C20H26N2O3S. The molecule has 26 heavy (non-hydrogen) atoms. The third-order valence-corrected chi connectivity index (χ3v) is 7.70. The second-order valence-corrected chi connectivity index (χ2v) is 10.1. The van der Waals surface area contributed by atoms with E-state index in [4.69, 9.17) is 0 Å². The van der Waals surface area contributed by atoms with Crippen molar-refractivity contribution in [3.8, 4) is 0 Å². The molecule has 0 spiro atoms.